The van der Waals surface area contributed by atoms with Crippen molar-refractivity contribution < 1.29 is 14.7 Å². The summed E-state index contributed by atoms with van der Waals surface area (Å²) in [7, 11) is 0. The van der Waals surface area contributed by atoms with Gasteiger partial charge in [0.15, 0.2) is 5.43 Å². The number of hydrogen-bond donors (Lipinski definition) is 3. The summed E-state index contributed by atoms with van der Waals surface area (Å²) in [5, 5.41) is 11.5. The van der Waals surface area contributed by atoms with Crippen molar-refractivity contribution in [1.29, 1.82) is 0 Å². The Bertz CT molecular complexity index is 783. The molecular formula is C14H11ClN2O4. The Hall–Kier alpha value is -2.60. The van der Waals surface area contributed by atoms with Gasteiger partial charge in [-0.2, -0.15) is 0 Å². The molecule has 0 spiro atoms. The van der Waals surface area contributed by atoms with Crippen molar-refractivity contribution in [3.63, 3.8) is 0 Å². The van der Waals surface area contributed by atoms with Gasteiger partial charge in [-0.25, -0.2) is 4.79 Å². The van der Waals surface area contributed by atoms with Crippen LogP contribution in [0.25, 0.3) is 0 Å². The number of anilines is 1. The number of pyridine rings is 1. The third-order valence-electron chi connectivity index (χ3n) is 2.78. The van der Waals surface area contributed by atoms with E-state index < -0.39 is 17.3 Å². The first-order valence-electron chi connectivity index (χ1n) is 5.92. The van der Waals surface area contributed by atoms with E-state index in [1.165, 1.54) is 30.5 Å². The van der Waals surface area contributed by atoms with Gasteiger partial charge in [-0.15, -0.1) is 0 Å². The van der Waals surface area contributed by atoms with Crippen molar-refractivity contribution in [2.75, 3.05) is 5.32 Å². The van der Waals surface area contributed by atoms with Crippen molar-refractivity contribution in [2.45, 2.75) is 6.92 Å². The second-order valence-electron chi connectivity index (χ2n) is 4.32. The number of hydrogen-bond acceptors (Lipinski definition) is 3. The molecule has 2 aromatic rings. The number of aromatic nitrogens is 1. The molecule has 0 unspecified atom stereocenters. The van der Waals surface area contributed by atoms with Crippen LogP contribution in [0.2, 0.25) is 5.02 Å². The predicted molar refractivity (Wildman–Crippen MR) is 78.2 cm³/mol. The van der Waals surface area contributed by atoms with Gasteiger partial charge in [0.05, 0.1) is 16.3 Å². The summed E-state index contributed by atoms with van der Waals surface area (Å²) in [6.07, 6.45) is 1.27. The van der Waals surface area contributed by atoms with Gasteiger partial charge in [-0.1, -0.05) is 17.7 Å². The Labute approximate surface area is 124 Å². The molecule has 0 radical (unpaired) electrons. The summed E-state index contributed by atoms with van der Waals surface area (Å²) in [6.45, 7) is 1.68. The molecule has 0 saturated carbocycles. The first-order chi connectivity index (χ1) is 9.90. The lowest BCUT2D eigenvalue weighted by Gasteiger charge is -2.10. The van der Waals surface area contributed by atoms with Gasteiger partial charge in [0.1, 0.15) is 5.56 Å². The number of aryl methyl sites for hydroxylation is 1. The number of carboxylic acid groups (broad SMARTS) is 1. The number of benzene rings is 1. The smallest absolute Gasteiger partial charge is 0.337 e. The first-order valence-corrected chi connectivity index (χ1v) is 6.30. The monoisotopic (exact) mass is 306 g/mol. The zero-order valence-corrected chi connectivity index (χ0v) is 11.7. The van der Waals surface area contributed by atoms with Gasteiger partial charge >= 0.3 is 5.97 Å². The van der Waals surface area contributed by atoms with Crippen LogP contribution in [-0.4, -0.2) is 22.0 Å². The number of aromatic amines is 1. The summed E-state index contributed by atoms with van der Waals surface area (Å²) in [4.78, 5) is 37.7. The summed E-state index contributed by atoms with van der Waals surface area (Å²) in [6, 6.07) is 5.49. The molecule has 0 fully saturated rings. The molecule has 0 saturated heterocycles. The second kappa shape index (κ2) is 5.80. The molecule has 6 nitrogen and oxygen atoms in total. The first kappa shape index (κ1) is 14.8. The molecule has 1 amide bonds. The number of para-hydroxylation sites is 1. The minimum Gasteiger partial charge on any atom is -0.478 e. The maximum absolute atomic E-state index is 12.1. The van der Waals surface area contributed by atoms with Crippen LogP contribution in [-0.2, 0) is 0 Å². The molecule has 0 atom stereocenters. The predicted octanol–water partition coefficient (Wildman–Crippen LogP) is 2.29. The Morgan fingerprint density at radius 2 is 2.00 bits per heavy atom. The lowest BCUT2D eigenvalue weighted by Crippen LogP contribution is -2.22. The van der Waals surface area contributed by atoms with Crippen molar-refractivity contribution >= 4 is 29.2 Å². The highest BCUT2D eigenvalue weighted by molar-refractivity contribution is 6.34. The van der Waals surface area contributed by atoms with E-state index in [9.17, 15) is 14.4 Å². The van der Waals surface area contributed by atoms with Gasteiger partial charge in [0, 0.05) is 18.0 Å². The number of nitrogens with one attached hydrogen (secondary N) is 2. The number of carbonyl (C=O) groups is 2. The van der Waals surface area contributed by atoms with Crippen molar-refractivity contribution in [3.8, 4) is 0 Å². The molecule has 0 aliphatic carbocycles. The number of H-pyrrole nitrogens is 1. The van der Waals surface area contributed by atoms with Crippen LogP contribution < -0.4 is 10.7 Å². The molecule has 2 rings (SSSR count). The average Bonchev–Trinajstić information content (AvgIpc) is 2.40. The molecule has 21 heavy (non-hydrogen) atoms. The fraction of sp³-hybridized carbons (Fsp3) is 0.0714. The zero-order valence-electron chi connectivity index (χ0n) is 10.9. The second-order valence-corrected chi connectivity index (χ2v) is 4.72. The van der Waals surface area contributed by atoms with Crippen LogP contribution in [0.4, 0.5) is 5.69 Å². The highest BCUT2D eigenvalue weighted by atomic mass is 35.5. The molecule has 1 heterocycles. The van der Waals surface area contributed by atoms with Crippen LogP contribution in [0.1, 0.15) is 26.4 Å². The Balaban J connectivity index is 2.41. The third kappa shape index (κ3) is 3.11. The van der Waals surface area contributed by atoms with Gasteiger partial charge in [-0.05, 0) is 19.1 Å². The fourth-order valence-corrected chi connectivity index (χ4v) is 1.98. The van der Waals surface area contributed by atoms with Gasteiger partial charge in [0.2, 0.25) is 0 Å². The number of carbonyl (C=O) groups excluding carboxylic acids is 1. The minimum absolute atomic E-state index is 0.0448. The maximum atomic E-state index is 12.1. The van der Waals surface area contributed by atoms with E-state index in [-0.39, 0.29) is 21.8 Å². The van der Waals surface area contributed by atoms with E-state index in [2.05, 4.69) is 10.3 Å². The van der Waals surface area contributed by atoms with Gasteiger partial charge in [0.25, 0.3) is 5.91 Å². The third-order valence-corrected chi connectivity index (χ3v) is 3.10. The lowest BCUT2D eigenvalue weighted by atomic mass is 10.1. The topological polar surface area (TPSA) is 99.3 Å². The number of rotatable bonds is 3. The number of amides is 1. The number of aromatic carboxylic acids is 1. The zero-order chi connectivity index (χ0) is 15.6. The largest absolute Gasteiger partial charge is 0.478 e. The van der Waals surface area contributed by atoms with Crippen molar-refractivity contribution in [3.05, 3.63) is 62.5 Å². The minimum atomic E-state index is -1.23. The maximum Gasteiger partial charge on any atom is 0.337 e. The van der Waals surface area contributed by atoms with Crippen LogP contribution in [0.15, 0.2) is 35.3 Å². The van der Waals surface area contributed by atoms with E-state index in [0.717, 1.165) is 0 Å². The summed E-state index contributed by atoms with van der Waals surface area (Å²) in [5.74, 6) is -1.96. The summed E-state index contributed by atoms with van der Waals surface area (Å²) in [5.41, 5.74) is -0.180. The van der Waals surface area contributed by atoms with Crippen molar-refractivity contribution in [1.82, 2.24) is 4.98 Å². The van der Waals surface area contributed by atoms with Crippen LogP contribution in [0.5, 0.6) is 0 Å². The molecule has 3 N–H and O–H groups in total. The molecule has 1 aromatic heterocycles. The molecule has 0 aliphatic heterocycles. The summed E-state index contributed by atoms with van der Waals surface area (Å²) >= 11 is 5.91. The van der Waals surface area contributed by atoms with Gasteiger partial charge < -0.3 is 15.4 Å². The lowest BCUT2D eigenvalue weighted by molar-refractivity contribution is 0.0698. The summed E-state index contributed by atoms with van der Waals surface area (Å²) < 4.78 is 0. The van der Waals surface area contributed by atoms with Crippen molar-refractivity contribution in [2.24, 2.45) is 0 Å². The highest BCUT2D eigenvalue weighted by Gasteiger charge is 2.17. The quantitative estimate of drug-likeness (QED) is 0.810. The number of carboxylic acids is 1. The van der Waals surface area contributed by atoms with E-state index in [0.29, 0.717) is 5.69 Å². The number of halogens is 1. The molecule has 0 bridgehead atoms. The Morgan fingerprint density at radius 1 is 1.29 bits per heavy atom. The average molecular weight is 307 g/mol. The van der Waals surface area contributed by atoms with Crippen LogP contribution in [0, 0.1) is 6.92 Å². The molecular weight excluding hydrogens is 296 g/mol. The molecule has 108 valence electrons. The standard InChI is InChI=1S/C14H11ClN2O4/c1-7-5-11(18)9(6-16-7)13(19)17-12-8(14(20)21)3-2-4-10(12)15/h2-6H,1H3,(H,16,18)(H,17,19)(H,20,21). The van der Waals surface area contributed by atoms with E-state index in [4.69, 9.17) is 16.7 Å². The molecule has 1 aromatic carbocycles. The Morgan fingerprint density at radius 3 is 2.62 bits per heavy atom. The fourth-order valence-electron chi connectivity index (χ4n) is 1.76. The van der Waals surface area contributed by atoms with Gasteiger partial charge in [-0.3, -0.25) is 9.59 Å². The van der Waals surface area contributed by atoms with E-state index in [1.54, 1.807) is 6.92 Å². The normalized spacial score (nSPS) is 10.2. The SMILES string of the molecule is Cc1cc(=O)c(C(=O)Nc2c(Cl)cccc2C(=O)O)c[nH]1. The molecule has 7 heteroatoms. The van der Waals surface area contributed by atoms with E-state index in [1.807, 2.05) is 0 Å². The highest BCUT2D eigenvalue weighted by Crippen LogP contribution is 2.26. The Kier molecular flexibility index (Phi) is 4.09. The van der Waals surface area contributed by atoms with Crippen LogP contribution in [0.3, 0.4) is 0 Å². The molecule has 0 aliphatic rings. The van der Waals surface area contributed by atoms with Crippen LogP contribution >= 0.6 is 11.6 Å². The van der Waals surface area contributed by atoms with E-state index >= 15 is 0 Å².